The van der Waals surface area contributed by atoms with Crippen LogP contribution < -0.4 is 9.47 Å². The summed E-state index contributed by atoms with van der Waals surface area (Å²) in [6, 6.07) is 4.60. The fraction of sp³-hybridized carbons (Fsp3) is 0.385. The monoisotopic (exact) mass is 300 g/mol. The molecule has 0 amide bonds. The van der Waals surface area contributed by atoms with Crippen molar-refractivity contribution in [2.45, 2.75) is 20.0 Å². The average molecular weight is 300 g/mol. The lowest BCUT2D eigenvalue weighted by atomic mass is 10.2. The molecule has 1 rings (SSSR count). The van der Waals surface area contributed by atoms with Gasteiger partial charge in [0, 0.05) is 0 Å². The van der Waals surface area contributed by atoms with Gasteiger partial charge in [-0.15, -0.1) is 0 Å². The topological polar surface area (TPSA) is 89.5 Å². The fourth-order valence-corrected chi connectivity index (χ4v) is 1.38. The maximum absolute atomic E-state index is 11.8. The smallest absolute Gasteiger partial charge is 0.493 e. The molecule has 0 fully saturated rings. The summed E-state index contributed by atoms with van der Waals surface area (Å²) in [6.45, 7) is 3.24. The van der Waals surface area contributed by atoms with E-state index in [0.29, 0.717) is 5.75 Å². The summed E-state index contributed by atoms with van der Waals surface area (Å²) in [5.41, 5.74) is 0.0395. The van der Waals surface area contributed by atoms with Crippen molar-refractivity contribution in [1.82, 2.24) is 0 Å². The van der Waals surface area contributed by atoms with Gasteiger partial charge in [-0.05, 0) is 26.0 Å². The molecule has 0 aliphatic carbocycles. The highest BCUT2D eigenvalue weighted by molar-refractivity contribution is 5.93. The van der Waals surface area contributed by atoms with Gasteiger partial charge in [0.1, 0.15) is 5.56 Å². The van der Waals surface area contributed by atoms with Crippen LogP contribution in [0.3, 0.4) is 0 Å². The SMILES string of the molecule is COc1cccc(C(=O)OOOC(=O)OC(C)C)c1OC. The van der Waals surface area contributed by atoms with Crippen molar-refractivity contribution in [3.8, 4) is 11.5 Å². The quantitative estimate of drug-likeness (QED) is 0.449. The molecular formula is C13H16O8. The predicted molar refractivity (Wildman–Crippen MR) is 68.7 cm³/mol. The molecule has 0 spiro atoms. The molecule has 0 heterocycles. The van der Waals surface area contributed by atoms with Crippen molar-refractivity contribution >= 4 is 12.1 Å². The fourth-order valence-electron chi connectivity index (χ4n) is 1.38. The van der Waals surface area contributed by atoms with Crippen LogP contribution in [-0.2, 0) is 19.6 Å². The number of rotatable bonds is 6. The number of para-hydroxylation sites is 1. The van der Waals surface area contributed by atoms with Gasteiger partial charge < -0.3 is 14.2 Å². The van der Waals surface area contributed by atoms with Gasteiger partial charge in [0.05, 0.1) is 25.4 Å². The lowest BCUT2D eigenvalue weighted by molar-refractivity contribution is -0.452. The highest BCUT2D eigenvalue weighted by atomic mass is 17.5. The Morgan fingerprint density at radius 2 is 1.76 bits per heavy atom. The molecule has 0 saturated carbocycles. The number of hydrogen-bond donors (Lipinski definition) is 0. The highest BCUT2D eigenvalue weighted by Gasteiger charge is 2.20. The normalized spacial score (nSPS) is 9.95. The molecule has 8 nitrogen and oxygen atoms in total. The zero-order valence-electron chi connectivity index (χ0n) is 12.1. The number of benzene rings is 1. The third kappa shape index (κ3) is 4.84. The van der Waals surface area contributed by atoms with E-state index in [1.54, 1.807) is 26.0 Å². The van der Waals surface area contributed by atoms with Crippen LogP contribution in [0, 0.1) is 0 Å². The molecule has 0 aliphatic rings. The largest absolute Gasteiger partial charge is 0.543 e. The summed E-state index contributed by atoms with van der Waals surface area (Å²) in [5.74, 6) is -0.423. The summed E-state index contributed by atoms with van der Waals surface area (Å²) >= 11 is 0. The Kier molecular flexibility index (Phi) is 6.28. The maximum Gasteiger partial charge on any atom is 0.543 e. The van der Waals surface area contributed by atoms with E-state index in [1.807, 2.05) is 0 Å². The minimum absolute atomic E-state index is 0.0395. The highest BCUT2D eigenvalue weighted by Crippen LogP contribution is 2.31. The van der Waals surface area contributed by atoms with E-state index >= 15 is 0 Å². The van der Waals surface area contributed by atoms with E-state index in [9.17, 15) is 9.59 Å². The van der Waals surface area contributed by atoms with Gasteiger partial charge in [-0.1, -0.05) is 6.07 Å². The summed E-state index contributed by atoms with van der Waals surface area (Å²) in [7, 11) is 2.79. The van der Waals surface area contributed by atoms with Gasteiger partial charge >= 0.3 is 12.1 Å². The lowest BCUT2D eigenvalue weighted by Gasteiger charge is -2.10. The van der Waals surface area contributed by atoms with Crippen molar-refractivity contribution in [2.75, 3.05) is 14.2 Å². The minimum Gasteiger partial charge on any atom is -0.493 e. The Hall–Kier alpha value is -2.48. The molecular weight excluding hydrogens is 284 g/mol. The third-order valence-electron chi connectivity index (χ3n) is 2.17. The first-order valence-corrected chi connectivity index (χ1v) is 5.96. The van der Waals surface area contributed by atoms with Crippen LogP contribution in [0.5, 0.6) is 11.5 Å². The Bertz CT molecular complexity index is 497. The van der Waals surface area contributed by atoms with E-state index < -0.39 is 18.2 Å². The van der Waals surface area contributed by atoms with Crippen molar-refractivity contribution in [2.24, 2.45) is 0 Å². The Morgan fingerprint density at radius 3 is 2.33 bits per heavy atom. The zero-order valence-corrected chi connectivity index (χ0v) is 12.1. The second-order valence-corrected chi connectivity index (χ2v) is 3.98. The summed E-state index contributed by atoms with van der Waals surface area (Å²) in [5, 5.41) is 4.07. The van der Waals surface area contributed by atoms with Crippen LogP contribution in [0.2, 0.25) is 0 Å². The van der Waals surface area contributed by atoms with Gasteiger partial charge in [-0.25, -0.2) is 14.5 Å². The average Bonchev–Trinajstić information content (AvgIpc) is 2.45. The molecule has 21 heavy (non-hydrogen) atoms. The second kappa shape index (κ2) is 7.95. The molecule has 0 N–H and O–H groups in total. The van der Waals surface area contributed by atoms with Crippen LogP contribution in [0.4, 0.5) is 4.79 Å². The second-order valence-electron chi connectivity index (χ2n) is 3.98. The summed E-state index contributed by atoms with van der Waals surface area (Å²) in [6.07, 6.45) is -1.52. The van der Waals surface area contributed by atoms with Gasteiger partial charge in [-0.2, -0.15) is 0 Å². The van der Waals surface area contributed by atoms with Crippen molar-refractivity contribution in [3.63, 3.8) is 0 Å². The maximum atomic E-state index is 11.8. The summed E-state index contributed by atoms with van der Waals surface area (Å²) in [4.78, 5) is 31.2. The molecule has 0 atom stereocenters. The van der Waals surface area contributed by atoms with E-state index in [2.05, 4.69) is 19.6 Å². The molecule has 8 heteroatoms. The molecule has 1 aromatic rings. The standard InChI is InChI=1S/C13H16O8/c1-8(2)18-13(15)20-21-19-12(14)9-6-5-7-10(16-3)11(9)17-4/h5-8H,1-4H3. The van der Waals surface area contributed by atoms with Crippen LogP contribution in [0.1, 0.15) is 24.2 Å². The first kappa shape index (κ1) is 16.6. The van der Waals surface area contributed by atoms with E-state index in [1.165, 1.54) is 20.3 Å². The predicted octanol–water partition coefficient (Wildman–Crippen LogP) is 2.27. The van der Waals surface area contributed by atoms with Crippen LogP contribution in [0.25, 0.3) is 0 Å². The van der Waals surface area contributed by atoms with Crippen molar-refractivity contribution in [1.29, 1.82) is 0 Å². The van der Waals surface area contributed by atoms with E-state index in [-0.39, 0.29) is 11.3 Å². The van der Waals surface area contributed by atoms with Gasteiger partial charge in [0.15, 0.2) is 11.5 Å². The Morgan fingerprint density at radius 1 is 1.05 bits per heavy atom. The Labute approximate surface area is 121 Å². The van der Waals surface area contributed by atoms with Crippen LogP contribution in [0.15, 0.2) is 18.2 Å². The van der Waals surface area contributed by atoms with E-state index in [4.69, 9.17) is 9.47 Å². The van der Waals surface area contributed by atoms with Crippen molar-refractivity contribution in [3.05, 3.63) is 23.8 Å². The minimum atomic E-state index is -1.13. The van der Waals surface area contributed by atoms with Crippen LogP contribution in [-0.4, -0.2) is 32.4 Å². The van der Waals surface area contributed by atoms with Gasteiger partial charge in [0.25, 0.3) is 0 Å². The molecule has 0 saturated heterocycles. The molecule has 0 bridgehead atoms. The first-order valence-electron chi connectivity index (χ1n) is 5.96. The molecule has 0 radical (unpaired) electrons. The van der Waals surface area contributed by atoms with E-state index in [0.717, 1.165) is 0 Å². The van der Waals surface area contributed by atoms with Gasteiger partial charge in [0.2, 0.25) is 0 Å². The molecule has 1 aromatic carbocycles. The number of carbonyl (C=O) groups excluding carboxylic acids is 2. The van der Waals surface area contributed by atoms with Crippen molar-refractivity contribution < 1.29 is 38.6 Å². The number of ether oxygens (including phenoxy) is 3. The first-order chi connectivity index (χ1) is 9.99. The molecule has 0 aliphatic heterocycles. The Balaban J connectivity index is 2.62. The van der Waals surface area contributed by atoms with Gasteiger partial charge in [-0.3, -0.25) is 4.89 Å². The number of methoxy groups -OCH3 is 2. The molecule has 0 aromatic heterocycles. The molecule has 116 valence electrons. The number of hydrogen-bond acceptors (Lipinski definition) is 8. The third-order valence-corrected chi connectivity index (χ3v) is 2.17. The van der Waals surface area contributed by atoms with Crippen LogP contribution >= 0.6 is 0 Å². The lowest BCUT2D eigenvalue weighted by Crippen LogP contribution is -2.15. The molecule has 0 unspecified atom stereocenters. The summed E-state index contributed by atoms with van der Waals surface area (Å²) < 4.78 is 14.7. The number of carbonyl (C=O) groups is 2. The zero-order chi connectivity index (χ0) is 15.8.